The Hall–Kier alpha value is -2.90. The molecule has 0 bridgehead atoms. The lowest BCUT2D eigenvalue weighted by molar-refractivity contribution is -0.532. The average molecular weight is 660 g/mol. The van der Waals surface area contributed by atoms with E-state index in [9.17, 15) is 0 Å². The van der Waals surface area contributed by atoms with E-state index in [1.54, 1.807) is 0 Å². The third-order valence-corrected chi connectivity index (χ3v) is 7.48. The molecule has 0 heterocycles. The summed E-state index contributed by atoms with van der Waals surface area (Å²) in [6, 6.07) is 16.1. The molecule has 2 aromatic carbocycles. The maximum atomic E-state index is 9.06. The fraction of sp³-hybridized carbons (Fsp3) is 0.457. The third kappa shape index (κ3) is 12.7. The summed E-state index contributed by atoms with van der Waals surface area (Å²) < 4.78 is 24.2. The lowest BCUT2D eigenvalue weighted by atomic mass is 9.90. The fourth-order valence-electron chi connectivity index (χ4n) is 4.92. The molecule has 11 heteroatoms. The number of benzene rings is 2. The molecule has 252 valence electrons. The van der Waals surface area contributed by atoms with E-state index in [4.69, 9.17) is 51.0 Å². The van der Waals surface area contributed by atoms with E-state index in [1.807, 2.05) is 24.3 Å². The first-order chi connectivity index (χ1) is 22.6. The topological polar surface area (TPSA) is 124 Å². The normalized spacial score (nSPS) is 12.6. The number of hydrogen-bond donors (Lipinski definition) is 4. The maximum Gasteiger partial charge on any atom is 0.200 e. The Morgan fingerprint density at radius 1 is 0.609 bits per heavy atom. The minimum Gasteiger partial charge on any atom is -0.394 e. The SMILES string of the molecule is OCCOCCN(CCOCCO)c1ccc(C(=C2C=CC(=[N+](CCOCCO)CCOCCO)C=C2)c2ccccc2Cl)cc1. The highest BCUT2D eigenvalue weighted by Crippen LogP contribution is 2.34. The van der Waals surface area contributed by atoms with Crippen LogP contribution in [-0.2, 0) is 18.9 Å². The quantitative estimate of drug-likeness (QED) is 0.105. The molecule has 1 aliphatic carbocycles. The van der Waals surface area contributed by atoms with Crippen molar-refractivity contribution in [3.8, 4) is 0 Å². The number of aliphatic hydroxyl groups excluding tert-OH is 4. The van der Waals surface area contributed by atoms with Gasteiger partial charge in [0.25, 0.3) is 0 Å². The first-order valence-electron chi connectivity index (χ1n) is 15.7. The van der Waals surface area contributed by atoms with Crippen molar-refractivity contribution in [2.75, 3.05) is 110 Å². The maximum absolute atomic E-state index is 9.06. The predicted molar refractivity (Wildman–Crippen MR) is 181 cm³/mol. The number of halogens is 1. The van der Waals surface area contributed by atoms with Crippen molar-refractivity contribution in [2.45, 2.75) is 0 Å². The Bertz CT molecular complexity index is 1240. The first kappa shape index (κ1) is 37.6. The lowest BCUT2D eigenvalue weighted by Gasteiger charge is -2.25. The largest absolute Gasteiger partial charge is 0.394 e. The van der Waals surface area contributed by atoms with E-state index < -0.39 is 0 Å². The Labute approximate surface area is 277 Å². The Morgan fingerprint density at radius 3 is 1.61 bits per heavy atom. The van der Waals surface area contributed by atoms with E-state index >= 15 is 0 Å². The van der Waals surface area contributed by atoms with Gasteiger partial charge in [-0.1, -0.05) is 41.9 Å². The van der Waals surface area contributed by atoms with Gasteiger partial charge < -0.3 is 44.3 Å². The molecule has 0 saturated heterocycles. The summed E-state index contributed by atoms with van der Waals surface area (Å²) in [4.78, 5) is 2.16. The highest BCUT2D eigenvalue weighted by atomic mass is 35.5. The van der Waals surface area contributed by atoms with Crippen LogP contribution in [0.4, 0.5) is 5.69 Å². The number of ether oxygens (including phenoxy) is 4. The molecule has 4 N–H and O–H groups in total. The van der Waals surface area contributed by atoms with Crippen molar-refractivity contribution in [1.82, 2.24) is 0 Å². The summed E-state index contributed by atoms with van der Waals surface area (Å²) in [5, 5.41) is 36.9. The molecule has 0 amide bonds. The molecule has 0 aromatic heterocycles. The number of hydrogen-bond acceptors (Lipinski definition) is 9. The molecular weight excluding hydrogens is 612 g/mol. The van der Waals surface area contributed by atoms with Crippen molar-refractivity contribution in [3.05, 3.63) is 94.6 Å². The Balaban J connectivity index is 1.92. The van der Waals surface area contributed by atoms with Crippen LogP contribution in [0.2, 0.25) is 5.02 Å². The minimum atomic E-state index is -0.0218. The van der Waals surface area contributed by atoms with Crippen LogP contribution in [0.25, 0.3) is 5.57 Å². The molecule has 0 radical (unpaired) electrons. The van der Waals surface area contributed by atoms with Crippen LogP contribution in [-0.4, -0.2) is 136 Å². The zero-order valence-corrected chi connectivity index (χ0v) is 27.2. The molecule has 3 rings (SSSR count). The van der Waals surface area contributed by atoms with Crippen molar-refractivity contribution in [3.63, 3.8) is 0 Å². The van der Waals surface area contributed by atoms with Crippen LogP contribution >= 0.6 is 11.6 Å². The lowest BCUT2D eigenvalue weighted by Crippen LogP contribution is -2.31. The molecule has 0 saturated carbocycles. The van der Waals surface area contributed by atoms with Gasteiger partial charge in [0.2, 0.25) is 0 Å². The standard InChI is InChI=1S/C35H48ClN2O8/c36-34-4-2-1-3-33(34)35(29-5-9-31(10-6-29)37(13-21-43-25-17-39)14-22-44-26-18-40)30-7-11-32(12-8-30)38(15-23-45-27-19-41)16-24-46-28-20-42/h1-12,39-42H,13-28H2/q+1. The molecule has 0 unspecified atom stereocenters. The zero-order chi connectivity index (χ0) is 32.8. The van der Waals surface area contributed by atoms with Gasteiger partial charge in [0.05, 0.1) is 66.1 Å². The van der Waals surface area contributed by atoms with Gasteiger partial charge >= 0.3 is 0 Å². The van der Waals surface area contributed by atoms with Gasteiger partial charge in [-0.3, -0.25) is 0 Å². The molecule has 10 nitrogen and oxygen atoms in total. The second-order valence-electron chi connectivity index (χ2n) is 10.3. The van der Waals surface area contributed by atoms with Crippen molar-refractivity contribution in [1.29, 1.82) is 0 Å². The van der Waals surface area contributed by atoms with E-state index in [0.29, 0.717) is 57.6 Å². The summed E-state index contributed by atoms with van der Waals surface area (Å²) in [5.74, 6) is 0. The Kier molecular flexibility index (Phi) is 18.4. The van der Waals surface area contributed by atoms with Crippen LogP contribution < -0.4 is 4.90 Å². The molecule has 46 heavy (non-hydrogen) atoms. The number of rotatable bonds is 23. The summed E-state index contributed by atoms with van der Waals surface area (Å²) in [6.45, 7) is 5.40. The number of allylic oxidation sites excluding steroid dienone is 5. The van der Waals surface area contributed by atoms with Crippen LogP contribution in [0.15, 0.2) is 78.4 Å². The van der Waals surface area contributed by atoms with Crippen molar-refractivity contribution < 1.29 is 43.9 Å². The van der Waals surface area contributed by atoms with Gasteiger partial charge in [-0.25, -0.2) is 4.58 Å². The second kappa shape index (κ2) is 22.6. The van der Waals surface area contributed by atoms with Gasteiger partial charge in [0.1, 0.15) is 13.2 Å². The molecule has 0 atom stereocenters. The van der Waals surface area contributed by atoms with Crippen LogP contribution in [0.3, 0.4) is 0 Å². The average Bonchev–Trinajstić information content (AvgIpc) is 3.08. The predicted octanol–water partition coefficient (Wildman–Crippen LogP) is 2.56. The summed E-state index contributed by atoms with van der Waals surface area (Å²) in [5.41, 5.74) is 5.93. The number of nitrogens with zero attached hydrogens (tertiary/aromatic N) is 2. The zero-order valence-electron chi connectivity index (χ0n) is 26.4. The first-order valence-corrected chi connectivity index (χ1v) is 16.1. The summed E-state index contributed by atoms with van der Waals surface area (Å²) >= 11 is 6.75. The summed E-state index contributed by atoms with van der Waals surface area (Å²) in [6.07, 6.45) is 8.31. The van der Waals surface area contributed by atoms with Crippen LogP contribution in [0.1, 0.15) is 11.1 Å². The second-order valence-corrected chi connectivity index (χ2v) is 10.7. The van der Waals surface area contributed by atoms with Gasteiger partial charge in [0.15, 0.2) is 18.8 Å². The van der Waals surface area contributed by atoms with E-state index in [2.05, 4.69) is 58.0 Å². The smallest absolute Gasteiger partial charge is 0.200 e. The van der Waals surface area contributed by atoms with Gasteiger partial charge in [-0.2, -0.15) is 0 Å². The highest BCUT2D eigenvalue weighted by Gasteiger charge is 2.18. The van der Waals surface area contributed by atoms with E-state index in [-0.39, 0.29) is 52.9 Å². The van der Waals surface area contributed by atoms with Crippen molar-refractivity contribution >= 4 is 28.6 Å². The van der Waals surface area contributed by atoms with Gasteiger partial charge in [0, 0.05) is 41.5 Å². The van der Waals surface area contributed by atoms with Gasteiger partial charge in [-0.05, 0) is 47.1 Å². The van der Waals surface area contributed by atoms with Crippen molar-refractivity contribution in [2.24, 2.45) is 0 Å². The van der Waals surface area contributed by atoms with Gasteiger partial charge in [-0.15, -0.1) is 0 Å². The molecule has 0 fully saturated rings. The molecule has 2 aromatic rings. The van der Waals surface area contributed by atoms with Crippen LogP contribution in [0, 0.1) is 0 Å². The summed E-state index contributed by atoms with van der Waals surface area (Å²) in [7, 11) is 0. The van der Waals surface area contributed by atoms with E-state index in [1.165, 1.54) is 0 Å². The van der Waals surface area contributed by atoms with E-state index in [0.717, 1.165) is 33.7 Å². The number of aliphatic hydroxyl groups is 4. The molecule has 0 aliphatic heterocycles. The Morgan fingerprint density at radius 2 is 1.11 bits per heavy atom. The van der Waals surface area contributed by atoms with Crippen LogP contribution in [0.5, 0.6) is 0 Å². The monoisotopic (exact) mass is 659 g/mol. The fourth-order valence-corrected chi connectivity index (χ4v) is 5.16. The molecular formula is C35H48ClN2O8+. The molecule has 1 aliphatic rings. The molecule has 0 spiro atoms. The highest BCUT2D eigenvalue weighted by molar-refractivity contribution is 6.32. The number of anilines is 1. The minimum absolute atomic E-state index is 0.0218. The third-order valence-electron chi connectivity index (χ3n) is 7.15.